The second-order valence-corrected chi connectivity index (χ2v) is 7.63. The Kier molecular flexibility index (Phi) is 5.12. The fraction of sp³-hybridized carbons (Fsp3) is 0.333. The van der Waals surface area contributed by atoms with E-state index in [9.17, 15) is 9.18 Å². The zero-order valence-corrected chi connectivity index (χ0v) is 15.6. The molecule has 2 heterocycles. The number of benzene rings is 1. The van der Waals surface area contributed by atoms with Crippen LogP contribution in [0, 0.1) is 23.6 Å². The minimum Gasteiger partial charge on any atom is -0.369 e. The third-order valence-corrected chi connectivity index (χ3v) is 5.74. The van der Waals surface area contributed by atoms with Gasteiger partial charge in [-0.1, -0.05) is 17.7 Å². The molecule has 1 aromatic heterocycles. The summed E-state index contributed by atoms with van der Waals surface area (Å²) in [5.74, 6) is 1.49. The predicted octanol–water partition coefficient (Wildman–Crippen LogP) is 3.78. The number of nitrogens with one attached hydrogen (secondary N) is 1. The maximum Gasteiger partial charge on any atom is 0.244 e. The van der Waals surface area contributed by atoms with Crippen LogP contribution in [0.2, 0.25) is 5.02 Å². The van der Waals surface area contributed by atoms with Gasteiger partial charge in [0.15, 0.2) is 0 Å². The van der Waals surface area contributed by atoms with Gasteiger partial charge >= 0.3 is 0 Å². The minimum absolute atomic E-state index is 0.0905. The zero-order chi connectivity index (χ0) is 18.8. The largest absolute Gasteiger partial charge is 0.369 e. The molecule has 140 valence electrons. The van der Waals surface area contributed by atoms with E-state index in [4.69, 9.17) is 11.6 Å². The maximum absolute atomic E-state index is 14.0. The topological polar surface area (TPSA) is 45.2 Å². The van der Waals surface area contributed by atoms with Crippen molar-refractivity contribution < 1.29 is 9.18 Å². The quantitative estimate of drug-likeness (QED) is 0.770. The number of hydrogen-bond acceptors (Lipinski definition) is 3. The Balaban J connectivity index is 1.20. The van der Waals surface area contributed by atoms with E-state index >= 15 is 0 Å². The lowest BCUT2D eigenvalue weighted by molar-refractivity contribution is -0.116. The number of pyridine rings is 1. The average Bonchev–Trinajstić information content (AvgIpc) is 3.12. The van der Waals surface area contributed by atoms with Crippen molar-refractivity contribution in [2.45, 2.75) is 6.42 Å². The van der Waals surface area contributed by atoms with Crippen LogP contribution in [0.25, 0.3) is 6.08 Å². The molecule has 1 aromatic carbocycles. The van der Waals surface area contributed by atoms with Crippen molar-refractivity contribution >= 4 is 29.3 Å². The van der Waals surface area contributed by atoms with Gasteiger partial charge in [0.25, 0.3) is 0 Å². The summed E-state index contributed by atoms with van der Waals surface area (Å²) in [6.07, 6.45) is 7.67. The van der Waals surface area contributed by atoms with Gasteiger partial charge < -0.3 is 10.2 Å². The summed E-state index contributed by atoms with van der Waals surface area (Å²) < 4.78 is 14.0. The van der Waals surface area contributed by atoms with Crippen molar-refractivity contribution in [3.63, 3.8) is 0 Å². The van der Waals surface area contributed by atoms with E-state index in [0.29, 0.717) is 35.0 Å². The first-order valence-corrected chi connectivity index (χ1v) is 9.55. The van der Waals surface area contributed by atoms with Crippen LogP contribution in [0.4, 0.5) is 10.1 Å². The highest BCUT2D eigenvalue weighted by Crippen LogP contribution is 2.54. The number of anilines is 1. The Labute approximate surface area is 163 Å². The molecule has 2 fully saturated rings. The highest BCUT2D eigenvalue weighted by Gasteiger charge is 2.55. The van der Waals surface area contributed by atoms with E-state index < -0.39 is 0 Å². The Morgan fingerprint density at radius 1 is 1.33 bits per heavy atom. The van der Waals surface area contributed by atoms with Crippen LogP contribution in [0.1, 0.15) is 12.0 Å². The van der Waals surface area contributed by atoms with Crippen LogP contribution >= 0.6 is 11.6 Å². The van der Waals surface area contributed by atoms with Crippen molar-refractivity contribution in [1.29, 1.82) is 0 Å². The molecule has 4 nitrogen and oxygen atoms in total. The third kappa shape index (κ3) is 4.14. The van der Waals surface area contributed by atoms with Gasteiger partial charge in [-0.3, -0.25) is 9.78 Å². The molecule has 1 aliphatic carbocycles. The van der Waals surface area contributed by atoms with Gasteiger partial charge in [0, 0.05) is 43.1 Å². The van der Waals surface area contributed by atoms with Crippen LogP contribution in [0.15, 0.2) is 48.8 Å². The van der Waals surface area contributed by atoms with Gasteiger partial charge in [0.1, 0.15) is 5.82 Å². The summed E-state index contributed by atoms with van der Waals surface area (Å²) in [6.45, 7) is 2.39. The molecule has 4 rings (SSSR count). The molecular weight excluding hydrogens is 365 g/mol. The molecule has 6 heteroatoms. The summed E-state index contributed by atoms with van der Waals surface area (Å²) >= 11 is 5.99. The Bertz CT molecular complexity index is 846. The van der Waals surface area contributed by atoms with Crippen LogP contribution in [-0.2, 0) is 4.79 Å². The molecule has 1 saturated heterocycles. The molecule has 3 atom stereocenters. The normalized spacial score (nSPS) is 23.5. The predicted molar refractivity (Wildman–Crippen MR) is 105 cm³/mol. The van der Waals surface area contributed by atoms with E-state index in [1.54, 1.807) is 30.6 Å². The number of aromatic nitrogens is 1. The fourth-order valence-electron chi connectivity index (χ4n) is 4.07. The Hall–Kier alpha value is -2.40. The van der Waals surface area contributed by atoms with Crippen molar-refractivity contribution in [2.24, 2.45) is 17.8 Å². The first-order chi connectivity index (χ1) is 13.1. The van der Waals surface area contributed by atoms with Crippen molar-refractivity contribution in [3.05, 3.63) is 65.2 Å². The van der Waals surface area contributed by atoms with Gasteiger partial charge in [-0.25, -0.2) is 4.39 Å². The molecule has 1 saturated carbocycles. The first-order valence-electron chi connectivity index (χ1n) is 9.18. The van der Waals surface area contributed by atoms with Gasteiger partial charge in [0.2, 0.25) is 5.91 Å². The molecule has 0 spiro atoms. The van der Waals surface area contributed by atoms with E-state index in [-0.39, 0.29) is 11.7 Å². The highest BCUT2D eigenvalue weighted by molar-refractivity contribution is 6.30. The molecule has 1 N–H and O–H groups in total. The number of carbonyl (C=O) groups is 1. The Morgan fingerprint density at radius 2 is 2.15 bits per heavy atom. The number of piperidine rings is 1. The second kappa shape index (κ2) is 7.69. The summed E-state index contributed by atoms with van der Waals surface area (Å²) in [7, 11) is 0. The molecule has 2 aliphatic rings. The smallest absolute Gasteiger partial charge is 0.244 e. The van der Waals surface area contributed by atoms with Crippen LogP contribution in [0.5, 0.6) is 0 Å². The molecule has 27 heavy (non-hydrogen) atoms. The van der Waals surface area contributed by atoms with Gasteiger partial charge in [-0.05, 0) is 60.1 Å². The van der Waals surface area contributed by atoms with E-state index in [1.807, 2.05) is 12.1 Å². The summed E-state index contributed by atoms with van der Waals surface area (Å²) in [5.41, 5.74) is 1.50. The highest BCUT2D eigenvalue weighted by atomic mass is 35.5. The van der Waals surface area contributed by atoms with Crippen LogP contribution in [0.3, 0.4) is 0 Å². The van der Waals surface area contributed by atoms with Gasteiger partial charge in [0.05, 0.1) is 5.69 Å². The number of amides is 1. The van der Waals surface area contributed by atoms with Crippen LogP contribution < -0.4 is 10.2 Å². The fourth-order valence-corrected chi connectivity index (χ4v) is 4.24. The van der Waals surface area contributed by atoms with Crippen molar-refractivity contribution in [1.82, 2.24) is 10.3 Å². The number of carbonyl (C=O) groups excluding carboxylic acids is 1. The average molecular weight is 386 g/mol. The minimum atomic E-state index is -0.218. The van der Waals surface area contributed by atoms with Gasteiger partial charge in [-0.15, -0.1) is 0 Å². The second-order valence-electron chi connectivity index (χ2n) is 7.19. The molecule has 1 unspecified atom stereocenters. The van der Waals surface area contributed by atoms with Gasteiger partial charge in [-0.2, -0.15) is 0 Å². The summed E-state index contributed by atoms with van der Waals surface area (Å²) in [6, 6.07) is 8.43. The van der Waals surface area contributed by atoms with Crippen LogP contribution in [-0.4, -0.2) is 30.5 Å². The molecule has 1 aliphatic heterocycles. The SMILES string of the molecule is O=C(/C=C/c1cccnc1)NCCC1[C@H]2CN(c3cc(Cl)ccc3F)C[C@@H]12. The zero-order valence-electron chi connectivity index (χ0n) is 14.8. The lowest BCUT2D eigenvalue weighted by Crippen LogP contribution is -2.27. The van der Waals surface area contributed by atoms with Crippen molar-refractivity contribution in [3.8, 4) is 0 Å². The summed E-state index contributed by atoms with van der Waals surface area (Å²) in [4.78, 5) is 18.0. The number of halogens is 2. The monoisotopic (exact) mass is 385 g/mol. The first kappa shape index (κ1) is 18.0. The molecule has 0 bridgehead atoms. The molecular formula is C21H21ClFN3O. The standard InChI is InChI=1S/C21H21ClFN3O/c22-15-4-5-19(23)20(10-15)26-12-17-16(18(17)13-26)7-9-25-21(27)6-3-14-2-1-8-24-11-14/h1-6,8,10-11,16-18H,7,9,12-13H2,(H,25,27)/b6-3+/t16?,17-,18+. The summed E-state index contributed by atoms with van der Waals surface area (Å²) in [5, 5.41) is 3.50. The number of fused-ring (bicyclic) bond motifs is 1. The van der Waals surface area contributed by atoms with E-state index in [1.165, 1.54) is 12.1 Å². The Morgan fingerprint density at radius 3 is 2.89 bits per heavy atom. The molecule has 0 radical (unpaired) electrons. The van der Waals surface area contributed by atoms with E-state index in [2.05, 4.69) is 15.2 Å². The lowest BCUT2D eigenvalue weighted by Gasteiger charge is -2.22. The third-order valence-electron chi connectivity index (χ3n) is 5.51. The molecule has 1 amide bonds. The molecule has 2 aromatic rings. The maximum atomic E-state index is 14.0. The number of hydrogen-bond donors (Lipinski definition) is 1. The van der Waals surface area contributed by atoms with Crippen molar-refractivity contribution in [2.75, 3.05) is 24.5 Å². The van der Waals surface area contributed by atoms with E-state index in [0.717, 1.165) is 25.1 Å². The number of nitrogens with zero attached hydrogens (tertiary/aromatic N) is 2. The number of rotatable bonds is 6. The lowest BCUT2D eigenvalue weighted by atomic mass is 10.1.